The number of nitrogens with zero attached hydrogens (tertiary/aromatic N) is 1. The predicted molar refractivity (Wildman–Crippen MR) is 140 cm³/mol. The third-order valence-corrected chi connectivity index (χ3v) is 7.84. The molecule has 1 aromatic carbocycles. The molecule has 4 rings (SSSR count). The molecule has 2 aliphatic carbocycles. The van der Waals surface area contributed by atoms with Gasteiger partial charge in [0, 0.05) is 30.2 Å². The lowest BCUT2D eigenvalue weighted by atomic mass is 9.80. The number of carboxylic acid groups (broad SMARTS) is 1. The largest absolute Gasteiger partial charge is 0.490 e. The van der Waals surface area contributed by atoms with Crippen molar-refractivity contribution in [2.24, 2.45) is 17.3 Å². The molecule has 1 aromatic heterocycles. The molecule has 2 fully saturated rings. The molecule has 5 nitrogen and oxygen atoms in total. The average molecular weight is 494 g/mol. The molecule has 0 saturated heterocycles. The Kier molecular flexibility index (Phi) is 7.56. The van der Waals surface area contributed by atoms with E-state index in [2.05, 4.69) is 18.8 Å². The molecule has 2 aliphatic rings. The Morgan fingerprint density at radius 2 is 1.74 bits per heavy atom. The molecular formula is C29H35NO4S. The number of carbonyl (C=O) groups excluding carboxylic acids is 1. The fourth-order valence-electron chi connectivity index (χ4n) is 4.76. The van der Waals surface area contributed by atoms with Crippen LogP contribution in [0.3, 0.4) is 0 Å². The molecule has 186 valence electrons. The van der Waals surface area contributed by atoms with E-state index >= 15 is 0 Å². The summed E-state index contributed by atoms with van der Waals surface area (Å²) in [6.45, 7) is 8.30. The summed E-state index contributed by atoms with van der Waals surface area (Å²) in [6, 6.07) is 11.4. The van der Waals surface area contributed by atoms with Crippen molar-refractivity contribution >= 4 is 28.9 Å². The van der Waals surface area contributed by atoms with Crippen LogP contribution in [0.5, 0.6) is 5.75 Å². The van der Waals surface area contributed by atoms with Gasteiger partial charge in [-0.3, -0.25) is 4.79 Å². The van der Waals surface area contributed by atoms with Crippen LogP contribution >= 0.6 is 11.3 Å². The Bertz CT molecular complexity index is 1110. The van der Waals surface area contributed by atoms with Crippen molar-refractivity contribution in [3.63, 3.8) is 0 Å². The maximum absolute atomic E-state index is 13.9. The number of anilines is 1. The summed E-state index contributed by atoms with van der Waals surface area (Å²) in [5.74, 6) is 6.75. The van der Waals surface area contributed by atoms with E-state index in [4.69, 9.17) is 4.74 Å². The molecule has 1 heterocycles. The summed E-state index contributed by atoms with van der Waals surface area (Å²) in [5, 5.41) is 10.0. The van der Waals surface area contributed by atoms with E-state index in [1.54, 1.807) is 4.90 Å². The molecule has 6 heteroatoms. The molecule has 1 amide bonds. The Morgan fingerprint density at radius 3 is 2.34 bits per heavy atom. The SMILES string of the molecule is CC(C)(C)C#Cc1cc(N(C(=O)[C@H]2CC[C@H](C)CC2)[C@H]2C[C@H](Oc3ccccc3)C2)c(C(=O)O)s1. The van der Waals surface area contributed by atoms with Crippen molar-refractivity contribution in [2.75, 3.05) is 4.90 Å². The number of amides is 1. The molecule has 0 spiro atoms. The van der Waals surface area contributed by atoms with Crippen LogP contribution in [0.25, 0.3) is 0 Å². The lowest BCUT2D eigenvalue weighted by molar-refractivity contribution is -0.124. The minimum atomic E-state index is -1.01. The fourth-order valence-corrected chi connectivity index (χ4v) is 5.60. The van der Waals surface area contributed by atoms with Crippen LogP contribution in [-0.2, 0) is 4.79 Å². The van der Waals surface area contributed by atoms with Crippen LogP contribution < -0.4 is 9.64 Å². The van der Waals surface area contributed by atoms with Crippen LogP contribution in [0.4, 0.5) is 5.69 Å². The zero-order valence-corrected chi connectivity index (χ0v) is 21.9. The van der Waals surface area contributed by atoms with Crippen LogP contribution in [0.2, 0.25) is 0 Å². The summed E-state index contributed by atoms with van der Waals surface area (Å²) in [4.78, 5) is 28.7. The third-order valence-electron chi connectivity index (χ3n) is 6.81. The van der Waals surface area contributed by atoms with E-state index in [0.29, 0.717) is 29.3 Å². The number of para-hydroxylation sites is 1. The third kappa shape index (κ3) is 6.27. The highest BCUT2D eigenvalue weighted by Crippen LogP contribution is 2.40. The van der Waals surface area contributed by atoms with Crippen molar-refractivity contribution < 1.29 is 19.4 Å². The van der Waals surface area contributed by atoms with Gasteiger partial charge in [-0.05, 0) is 70.6 Å². The first-order valence-electron chi connectivity index (χ1n) is 12.6. The van der Waals surface area contributed by atoms with Gasteiger partial charge in [0.05, 0.1) is 10.6 Å². The number of carbonyl (C=O) groups is 2. The van der Waals surface area contributed by atoms with Gasteiger partial charge in [-0.15, -0.1) is 11.3 Å². The Morgan fingerprint density at radius 1 is 1.09 bits per heavy atom. The van der Waals surface area contributed by atoms with Crippen LogP contribution in [0, 0.1) is 29.1 Å². The first-order chi connectivity index (χ1) is 16.6. The number of aromatic carboxylic acids is 1. The van der Waals surface area contributed by atoms with Crippen molar-refractivity contribution in [3.05, 3.63) is 46.2 Å². The van der Waals surface area contributed by atoms with Crippen LogP contribution in [0.15, 0.2) is 36.4 Å². The van der Waals surface area contributed by atoms with E-state index < -0.39 is 5.97 Å². The number of benzene rings is 1. The maximum atomic E-state index is 13.9. The maximum Gasteiger partial charge on any atom is 0.348 e. The quantitative estimate of drug-likeness (QED) is 0.460. The van der Waals surface area contributed by atoms with Gasteiger partial charge >= 0.3 is 5.97 Å². The number of ether oxygens (including phenoxy) is 1. The second-order valence-corrected chi connectivity index (χ2v) is 12.0. The van der Waals surface area contributed by atoms with Gasteiger partial charge in [-0.25, -0.2) is 4.79 Å². The van der Waals surface area contributed by atoms with E-state index in [-0.39, 0.29) is 34.3 Å². The summed E-state index contributed by atoms with van der Waals surface area (Å²) < 4.78 is 6.09. The average Bonchev–Trinajstić information content (AvgIpc) is 3.21. The Hall–Kier alpha value is -2.78. The van der Waals surface area contributed by atoms with Gasteiger partial charge in [-0.1, -0.05) is 37.0 Å². The zero-order chi connectivity index (χ0) is 25.2. The molecule has 0 aliphatic heterocycles. The van der Waals surface area contributed by atoms with E-state index in [9.17, 15) is 14.7 Å². The molecule has 1 N–H and O–H groups in total. The number of hydrogen-bond donors (Lipinski definition) is 1. The first kappa shape index (κ1) is 25.3. The molecule has 2 saturated carbocycles. The predicted octanol–water partition coefficient (Wildman–Crippen LogP) is 6.61. The topological polar surface area (TPSA) is 66.8 Å². The number of carboxylic acids is 1. The minimum absolute atomic E-state index is 0.0103. The highest BCUT2D eigenvalue weighted by atomic mass is 32.1. The van der Waals surface area contributed by atoms with Crippen LogP contribution in [-0.4, -0.2) is 29.1 Å². The first-order valence-corrected chi connectivity index (χ1v) is 13.4. The number of thiophene rings is 1. The summed E-state index contributed by atoms with van der Waals surface area (Å²) in [6.07, 6.45) is 5.16. The molecule has 0 radical (unpaired) electrons. The Labute approximate surface area is 212 Å². The minimum Gasteiger partial charge on any atom is -0.490 e. The fraction of sp³-hybridized carbons (Fsp3) is 0.517. The molecule has 35 heavy (non-hydrogen) atoms. The number of rotatable bonds is 6. The van der Waals surface area contributed by atoms with Gasteiger partial charge in [0.15, 0.2) is 0 Å². The molecule has 0 atom stereocenters. The van der Waals surface area contributed by atoms with Crippen molar-refractivity contribution in [1.82, 2.24) is 0 Å². The molecule has 2 aromatic rings. The Balaban J connectivity index is 1.61. The van der Waals surface area contributed by atoms with E-state index in [1.807, 2.05) is 57.2 Å². The van der Waals surface area contributed by atoms with Gasteiger partial charge in [0.2, 0.25) is 5.91 Å². The van der Waals surface area contributed by atoms with Gasteiger partial charge in [0.25, 0.3) is 0 Å². The monoisotopic (exact) mass is 493 g/mol. The van der Waals surface area contributed by atoms with Gasteiger partial charge in [-0.2, -0.15) is 0 Å². The van der Waals surface area contributed by atoms with Gasteiger partial charge < -0.3 is 14.7 Å². The standard InChI is InChI=1S/C29H35NO4S/c1-19-10-12-20(13-11-19)27(31)30(21-16-23(17-21)34-22-8-6-5-7-9-22)25-18-24(14-15-29(2,3)4)35-26(25)28(32)33/h5-9,18-21,23H,10-13,16-17H2,1-4H3,(H,32,33)/t19-,20-,21-,23-. The van der Waals surface area contributed by atoms with Crippen LogP contribution in [0.1, 0.15) is 80.8 Å². The normalized spacial score (nSPS) is 24.0. The highest BCUT2D eigenvalue weighted by molar-refractivity contribution is 7.15. The zero-order valence-electron chi connectivity index (χ0n) is 21.0. The number of hydrogen-bond acceptors (Lipinski definition) is 4. The summed E-state index contributed by atoms with van der Waals surface area (Å²) >= 11 is 1.16. The highest BCUT2D eigenvalue weighted by Gasteiger charge is 2.42. The van der Waals surface area contributed by atoms with Crippen molar-refractivity contribution in [3.8, 4) is 17.6 Å². The van der Waals surface area contributed by atoms with Crippen molar-refractivity contribution in [2.45, 2.75) is 78.4 Å². The summed E-state index contributed by atoms with van der Waals surface area (Å²) in [7, 11) is 0. The van der Waals surface area contributed by atoms with E-state index in [1.165, 1.54) is 0 Å². The summed E-state index contributed by atoms with van der Waals surface area (Å²) in [5.41, 5.74) is 0.296. The van der Waals surface area contributed by atoms with Gasteiger partial charge in [0.1, 0.15) is 16.7 Å². The molecular weight excluding hydrogens is 458 g/mol. The lowest BCUT2D eigenvalue weighted by Gasteiger charge is -2.44. The second-order valence-electron chi connectivity index (χ2n) is 11.0. The second kappa shape index (κ2) is 10.5. The smallest absolute Gasteiger partial charge is 0.348 e. The van der Waals surface area contributed by atoms with Crippen molar-refractivity contribution in [1.29, 1.82) is 0 Å². The lowest BCUT2D eigenvalue weighted by Crippen LogP contribution is -2.54. The molecule has 0 bridgehead atoms. The molecule has 0 unspecified atom stereocenters. The van der Waals surface area contributed by atoms with E-state index in [0.717, 1.165) is 42.8 Å².